The lowest BCUT2D eigenvalue weighted by Crippen LogP contribution is -2.08. The molecular weight excluding hydrogens is 298 g/mol. The molecule has 2 rings (SSSR count). The lowest BCUT2D eigenvalue weighted by molar-refractivity contribution is 0.868. The van der Waals surface area contributed by atoms with E-state index in [0.29, 0.717) is 0 Å². The first-order chi connectivity index (χ1) is 8.19. The van der Waals surface area contributed by atoms with Crippen molar-refractivity contribution in [2.24, 2.45) is 0 Å². The molecule has 1 N–H and O–H groups in total. The van der Waals surface area contributed by atoms with Crippen molar-refractivity contribution < 1.29 is 0 Å². The van der Waals surface area contributed by atoms with Crippen molar-refractivity contribution in [2.45, 2.75) is 26.3 Å². The Balaban J connectivity index is 2.15. The number of hydrogen-bond donors (Lipinski definition) is 1. The second kappa shape index (κ2) is 5.60. The zero-order chi connectivity index (χ0) is 12.3. The summed E-state index contributed by atoms with van der Waals surface area (Å²) in [7, 11) is 0. The Hall–Kier alpha value is -0.940. The minimum Gasteiger partial charge on any atom is -0.363 e. The third kappa shape index (κ3) is 3.26. The topological polar surface area (TPSA) is 37.8 Å². The van der Waals surface area contributed by atoms with Crippen molar-refractivity contribution in [3.63, 3.8) is 0 Å². The van der Waals surface area contributed by atoms with Crippen LogP contribution >= 0.6 is 27.3 Å². The Bertz CT molecular complexity index is 485. The van der Waals surface area contributed by atoms with Gasteiger partial charge in [0.1, 0.15) is 16.2 Å². The third-order valence-corrected chi connectivity index (χ3v) is 3.85. The number of aryl methyl sites for hydroxylation is 1. The summed E-state index contributed by atoms with van der Waals surface area (Å²) in [6.45, 7) is 4.18. The average Bonchev–Trinajstić information content (AvgIpc) is 2.81. The molecule has 0 fully saturated rings. The van der Waals surface area contributed by atoms with E-state index in [0.717, 1.165) is 22.7 Å². The smallest absolute Gasteiger partial charge is 0.131 e. The highest BCUT2D eigenvalue weighted by atomic mass is 79.9. The van der Waals surface area contributed by atoms with Gasteiger partial charge in [-0.3, -0.25) is 0 Å². The molecule has 1 atom stereocenters. The molecular formula is C12H14BrN3S. The van der Waals surface area contributed by atoms with Crippen LogP contribution in [0.5, 0.6) is 0 Å². The van der Waals surface area contributed by atoms with E-state index in [1.807, 2.05) is 13.0 Å². The fourth-order valence-corrected chi connectivity index (χ4v) is 2.68. The molecule has 0 saturated heterocycles. The zero-order valence-corrected chi connectivity index (χ0v) is 12.2. The second-order valence-corrected chi connectivity index (χ2v) is 5.52. The summed E-state index contributed by atoms with van der Waals surface area (Å²) >= 11 is 5.15. The van der Waals surface area contributed by atoms with Crippen LogP contribution in [0.1, 0.15) is 30.6 Å². The Morgan fingerprint density at radius 1 is 1.47 bits per heavy atom. The Labute approximate surface area is 113 Å². The van der Waals surface area contributed by atoms with E-state index >= 15 is 0 Å². The van der Waals surface area contributed by atoms with Crippen molar-refractivity contribution in [2.75, 3.05) is 5.32 Å². The first kappa shape index (κ1) is 12.5. The molecule has 2 aromatic heterocycles. The molecule has 1 unspecified atom stereocenters. The average molecular weight is 312 g/mol. The predicted molar refractivity (Wildman–Crippen MR) is 75.5 cm³/mol. The van der Waals surface area contributed by atoms with Gasteiger partial charge in [-0.15, -0.1) is 11.3 Å². The number of halogens is 1. The summed E-state index contributed by atoms with van der Waals surface area (Å²) in [6.07, 6.45) is 0.835. The largest absolute Gasteiger partial charge is 0.363 e. The van der Waals surface area contributed by atoms with Gasteiger partial charge in [0, 0.05) is 17.4 Å². The molecule has 3 nitrogen and oxygen atoms in total. The maximum absolute atomic E-state index is 4.45. The molecule has 2 aromatic rings. The number of aromatic nitrogens is 2. The van der Waals surface area contributed by atoms with Crippen molar-refractivity contribution in [3.8, 4) is 0 Å². The lowest BCUT2D eigenvalue weighted by Gasteiger charge is -2.13. The highest BCUT2D eigenvalue weighted by Crippen LogP contribution is 2.23. The van der Waals surface area contributed by atoms with Crippen LogP contribution in [0.25, 0.3) is 0 Å². The summed E-state index contributed by atoms with van der Waals surface area (Å²) in [6, 6.07) is 6.36. The van der Waals surface area contributed by atoms with Crippen LogP contribution < -0.4 is 5.32 Å². The van der Waals surface area contributed by atoms with Crippen LogP contribution in [0.3, 0.4) is 0 Å². The third-order valence-electron chi connectivity index (χ3n) is 2.39. The summed E-state index contributed by atoms with van der Waals surface area (Å²) in [4.78, 5) is 10.0. The number of rotatable bonds is 4. The maximum Gasteiger partial charge on any atom is 0.131 e. The highest BCUT2D eigenvalue weighted by molar-refractivity contribution is 9.10. The molecule has 0 aromatic carbocycles. The van der Waals surface area contributed by atoms with Crippen molar-refractivity contribution >= 4 is 33.1 Å². The van der Waals surface area contributed by atoms with E-state index < -0.39 is 0 Å². The Kier molecular flexibility index (Phi) is 4.12. The minimum absolute atomic E-state index is 0.265. The first-order valence-electron chi connectivity index (χ1n) is 5.52. The van der Waals surface area contributed by atoms with Gasteiger partial charge in [0.2, 0.25) is 0 Å². The van der Waals surface area contributed by atoms with Crippen molar-refractivity contribution in [3.05, 3.63) is 38.9 Å². The molecule has 90 valence electrons. The molecule has 0 spiro atoms. The monoisotopic (exact) mass is 311 g/mol. The van der Waals surface area contributed by atoms with E-state index in [-0.39, 0.29) is 6.04 Å². The molecule has 17 heavy (non-hydrogen) atoms. The van der Waals surface area contributed by atoms with Gasteiger partial charge in [-0.2, -0.15) is 0 Å². The van der Waals surface area contributed by atoms with Gasteiger partial charge < -0.3 is 5.32 Å². The minimum atomic E-state index is 0.265. The van der Waals surface area contributed by atoms with Crippen molar-refractivity contribution in [1.29, 1.82) is 0 Å². The SMILES string of the molecule is CCc1nc(Br)cc(NC(C)c2cccs2)n1. The van der Waals surface area contributed by atoms with Gasteiger partial charge in [-0.25, -0.2) is 9.97 Å². The van der Waals surface area contributed by atoms with E-state index in [1.165, 1.54) is 4.88 Å². The summed E-state index contributed by atoms with van der Waals surface area (Å²) in [5.41, 5.74) is 0. The number of anilines is 1. The quantitative estimate of drug-likeness (QED) is 0.866. The predicted octanol–water partition coefficient (Wildman–Crippen LogP) is 4.04. The molecule has 0 aliphatic heterocycles. The van der Waals surface area contributed by atoms with Crippen LogP contribution in [0.2, 0.25) is 0 Å². The van der Waals surface area contributed by atoms with Crippen LogP contribution in [0.4, 0.5) is 5.82 Å². The van der Waals surface area contributed by atoms with Gasteiger partial charge in [-0.1, -0.05) is 13.0 Å². The molecule has 2 heterocycles. The van der Waals surface area contributed by atoms with Gasteiger partial charge in [0.05, 0.1) is 6.04 Å². The van der Waals surface area contributed by atoms with E-state index in [2.05, 4.69) is 55.7 Å². The number of nitrogens with zero attached hydrogens (tertiary/aromatic N) is 2. The van der Waals surface area contributed by atoms with Gasteiger partial charge in [0.15, 0.2) is 0 Å². The Morgan fingerprint density at radius 2 is 2.29 bits per heavy atom. The van der Waals surface area contributed by atoms with Gasteiger partial charge in [-0.05, 0) is 34.3 Å². The van der Waals surface area contributed by atoms with E-state index in [4.69, 9.17) is 0 Å². The molecule has 5 heteroatoms. The fourth-order valence-electron chi connectivity index (χ4n) is 1.53. The standard InChI is InChI=1S/C12H14BrN3S/c1-3-11-15-10(13)7-12(16-11)14-8(2)9-5-4-6-17-9/h4-8H,3H2,1-2H3,(H,14,15,16). The molecule has 0 amide bonds. The van der Waals surface area contributed by atoms with Gasteiger partial charge in [0.25, 0.3) is 0 Å². The number of hydrogen-bond acceptors (Lipinski definition) is 4. The number of nitrogens with one attached hydrogen (secondary N) is 1. The normalized spacial score (nSPS) is 12.4. The summed E-state index contributed by atoms with van der Waals surface area (Å²) in [5.74, 6) is 1.71. The van der Waals surface area contributed by atoms with Crippen molar-refractivity contribution in [1.82, 2.24) is 9.97 Å². The zero-order valence-electron chi connectivity index (χ0n) is 9.77. The first-order valence-corrected chi connectivity index (χ1v) is 7.19. The summed E-state index contributed by atoms with van der Waals surface area (Å²) in [5, 5.41) is 5.47. The van der Waals surface area contributed by atoms with Gasteiger partial charge >= 0.3 is 0 Å². The van der Waals surface area contributed by atoms with Crippen LogP contribution in [-0.4, -0.2) is 9.97 Å². The summed E-state index contributed by atoms with van der Waals surface area (Å²) < 4.78 is 0.824. The molecule has 0 bridgehead atoms. The maximum atomic E-state index is 4.45. The molecule has 0 radical (unpaired) electrons. The number of thiophene rings is 1. The van der Waals surface area contributed by atoms with E-state index in [1.54, 1.807) is 11.3 Å². The molecule has 0 saturated carbocycles. The highest BCUT2D eigenvalue weighted by Gasteiger charge is 2.08. The van der Waals surface area contributed by atoms with Crippen LogP contribution in [0, 0.1) is 0 Å². The van der Waals surface area contributed by atoms with Crippen LogP contribution in [0.15, 0.2) is 28.2 Å². The Morgan fingerprint density at radius 3 is 2.94 bits per heavy atom. The van der Waals surface area contributed by atoms with E-state index in [9.17, 15) is 0 Å². The fraction of sp³-hybridized carbons (Fsp3) is 0.333. The molecule has 0 aliphatic carbocycles. The van der Waals surface area contributed by atoms with Crippen LogP contribution in [-0.2, 0) is 6.42 Å². The second-order valence-electron chi connectivity index (χ2n) is 3.73. The lowest BCUT2D eigenvalue weighted by atomic mass is 10.3. The molecule has 0 aliphatic rings.